The number of fused-ring (bicyclic) bond motifs is 1. The van der Waals surface area contributed by atoms with Gasteiger partial charge in [-0.2, -0.15) is 0 Å². The van der Waals surface area contributed by atoms with Gasteiger partial charge in [0.1, 0.15) is 16.4 Å². The first kappa shape index (κ1) is 19.1. The molecule has 1 aliphatic heterocycles. The van der Waals surface area contributed by atoms with Crippen molar-refractivity contribution in [2.75, 3.05) is 27.3 Å². The molecule has 136 valence electrons. The van der Waals surface area contributed by atoms with E-state index in [9.17, 15) is 8.42 Å². The largest absolute Gasteiger partial charge is 0.497 e. The van der Waals surface area contributed by atoms with Crippen molar-refractivity contribution in [3.8, 4) is 11.5 Å². The normalized spacial score (nSPS) is 23.5. The van der Waals surface area contributed by atoms with Gasteiger partial charge in [-0.3, -0.25) is 0 Å². The molecule has 0 spiro atoms. The Kier molecular flexibility index (Phi) is 6.92. The summed E-state index contributed by atoms with van der Waals surface area (Å²) in [4.78, 5) is 0.218. The maximum Gasteiger partial charge on any atom is 0.246 e. The molecule has 1 heterocycles. The summed E-state index contributed by atoms with van der Waals surface area (Å²) in [6, 6.07) is 4.91. The van der Waals surface area contributed by atoms with Gasteiger partial charge in [-0.05, 0) is 30.9 Å². The minimum Gasteiger partial charge on any atom is -0.497 e. The molecule has 0 aromatic heterocycles. The fraction of sp³-hybridized carbons (Fsp3) is 0.667. The van der Waals surface area contributed by atoms with Crippen LogP contribution in [0.15, 0.2) is 23.1 Å². The Bertz CT molecular complexity index is 630. The highest BCUT2D eigenvalue weighted by atomic mass is 32.2. The Labute approximate surface area is 146 Å². The second-order valence-corrected chi connectivity index (χ2v) is 8.62. The number of nitrogens with zero attached hydrogens (tertiary/aromatic N) is 1. The van der Waals surface area contributed by atoms with Crippen LogP contribution in [0, 0.1) is 5.92 Å². The van der Waals surface area contributed by atoms with Gasteiger partial charge < -0.3 is 9.47 Å². The minimum atomic E-state index is -3.57. The molecule has 0 N–H and O–H groups in total. The quantitative estimate of drug-likeness (QED) is 0.771. The van der Waals surface area contributed by atoms with Gasteiger partial charge in [0, 0.05) is 19.7 Å². The highest BCUT2D eigenvalue weighted by Gasteiger charge is 2.26. The molecule has 1 aromatic rings. The van der Waals surface area contributed by atoms with Crippen LogP contribution >= 0.6 is 0 Å². The summed E-state index contributed by atoms with van der Waals surface area (Å²) in [6.07, 6.45) is 6.67. The van der Waals surface area contributed by atoms with Gasteiger partial charge in [-0.1, -0.05) is 32.6 Å². The van der Waals surface area contributed by atoms with Crippen LogP contribution in [0.4, 0.5) is 0 Å². The van der Waals surface area contributed by atoms with Crippen LogP contribution in [0.25, 0.3) is 0 Å². The number of benzene rings is 1. The Morgan fingerprint density at radius 1 is 1.17 bits per heavy atom. The lowest BCUT2D eigenvalue weighted by atomic mass is 10.0. The third kappa shape index (κ3) is 4.86. The summed E-state index contributed by atoms with van der Waals surface area (Å²) in [5.41, 5.74) is 0. The first-order valence-electron chi connectivity index (χ1n) is 8.72. The summed E-state index contributed by atoms with van der Waals surface area (Å²) in [5.74, 6) is 1.32. The molecule has 1 aromatic carbocycles. The van der Waals surface area contributed by atoms with E-state index in [2.05, 4.69) is 6.92 Å². The molecule has 1 aliphatic rings. The second kappa shape index (κ2) is 8.72. The van der Waals surface area contributed by atoms with Gasteiger partial charge >= 0.3 is 0 Å². The van der Waals surface area contributed by atoms with Gasteiger partial charge in [-0.15, -0.1) is 0 Å². The van der Waals surface area contributed by atoms with E-state index in [1.54, 1.807) is 32.4 Å². The zero-order chi connectivity index (χ0) is 17.6. The minimum absolute atomic E-state index is 0.218. The van der Waals surface area contributed by atoms with Crippen LogP contribution in [0.5, 0.6) is 11.5 Å². The topological polar surface area (TPSA) is 55.8 Å². The Morgan fingerprint density at radius 2 is 1.88 bits per heavy atom. The number of hydrogen-bond acceptors (Lipinski definition) is 4. The van der Waals surface area contributed by atoms with Crippen molar-refractivity contribution in [1.29, 1.82) is 0 Å². The van der Waals surface area contributed by atoms with E-state index in [4.69, 9.17) is 9.47 Å². The average Bonchev–Trinajstić information content (AvgIpc) is 2.56. The summed E-state index contributed by atoms with van der Waals surface area (Å²) in [5, 5.41) is 0. The van der Waals surface area contributed by atoms with E-state index < -0.39 is 10.0 Å². The zero-order valence-electron chi connectivity index (χ0n) is 15.0. The summed E-state index contributed by atoms with van der Waals surface area (Å²) in [7, 11) is -0.367. The van der Waals surface area contributed by atoms with Gasteiger partial charge in [0.2, 0.25) is 10.0 Å². The fourth-order valence-corrected chi connectivity index (χ4v) is 4.44. The van der Waals surface area contributed by atoms with Crippen molar-refractivity contribution in [1.82, 2.24) is 4.31 Å². The molecule has 0 amide bonds. The highest BCUT2D eigenvalue weighted by Crippen LogP contribution is 2.31. The molecule has 5 nitrogen and oxygen atoms in total. The highest BCUT2D eigenvalue weighted by molar-refractivity contribution is 7.89. The lowest BCUT2D eigenvalue weighted by molar-refractivity contribution is 0.291. The molecular weight excluding hydrogens is 326 g/mol. The lowest BCUT2D eigenvalue weighted by Gasteiger charge is -2.23. The Morgan fingerprint density at radius 3 is 2.62 bits per heavy atom. The molecule has 0 saturated heterocycles. The van der Waals surface area contributed by atoms with E-state index in [0.717, 1.165) is 25.7 Å². The first-order valence-corrected chi connectivity index (χ1v) is 10.2. The standard InChI is InChI=1S/C18H29NO4S/c1-15-9-7-5-4-6-8-12-23-17-13-16(22-3)10-11-18(17)24(20,21)19(2)14-15/h10-11,13,15H,4-9,12,14H2,1-3H3/t15-/m1/s1. The van der Waals surface area contributed by atoms with Crippen LogP contribution < -0.4 is 9.47 Å². The molecule has 6 heteroatoms. The van der Waals surface area contributed by atoms with E-state index in [0.29, 0.717) is 30.6 Å². The van der Waals surface area contributed by atoms with Crippen molar-refractivity contribution in [3.63, 3.8) is 0 Å². The van der Waals surface area contributed by atoms with Crippen molar-refractivity contribution in [2.45, 2.75) is 50.3 Å². The molecule has 24 heavy (non-hydrogen) atoms. The SMILES string of the molecule is COc1ccc2c(c1)OCCCCCCC[C@@H](C)CN(C)S2(=O)=O. The van der Waals surface area contributed by atoms with E-state index in [1.165, 1.54) is 17.1 Å². The number of methoxy groups -OCH3 is 1. The molecule has 0 radical (unpaired) electrons. The Hall–Kier alpha value is -1.27. The zero-order valence-corrected chi connectivity index (χ0v) is 15.8. The van der Waals surface area contributed by atoms with Crippen molar-refractivity contribution >= 4 is 10.0 Å². The van der Waals surface area contributed by atoms with E-state index in [-0.39, 0.29) is 4.90 Å². The van der Waals surface area contributed by atoms with Crippen molar-refractivity contribution < 1.29 is 17.9 Å². The van der Waals surface area contributed by atoms with Crippen LogP contribution in [-0.4, -0.2) is 40.0 Å². The molecule has 0 bridgehead atoms. The number of rotatable bonds is 1. The summed E-state index contributed by atoms with van der Waals surface area (Å²) < 4.78 is 38.3. The van der Waals surface area contributed by atoms with Gasteiger partial charge in [0.05, 0.1) is 13.7 Å². The maximum atomic E-state index is 12.9. The predicted octanol–water partition coefficient (Wildman–Crippen LogP) is 3.68. The van der Waals surface area contributed by atoms with Crippen LogP contribution in [0.1, 0.15) is 45.4 Å². The number of ether oxygens (including phenoxy) is 2. The van der Waals surface area contributed by atoms with Crippen molar-refractivity contribution in [3.05, 3.63) is 18.2 Å². The molecule has 0 saturated carbocycles. The lowest BCUT2D eigenvalue weighted by Crippen LogP contribution is -2.31. The van der Waals surface area contributed by atoms with Gasteiger partial charge in [-0.25, -0.2) is 12.7 Å². The van der Waals surface area contributed by atoms with E-state index in [1.807, 2.05) is 0 Å². The third-order valence-corrected chi connectivity index (χ3v) is 6.37. The van der Waals surface area contributed by atoms with Gasteiger partial charge in [0.25, 0.3) is 0 Å². The maximum absolute atomic E-state index is 12.9. The van der Waals surface area contributed by atoms with Crippen molar-refractivity contribution in [2.24, 2.45) is 5.92 Å². The molecule has 0 fully saturated rings. The molecule has 0 aliphatic carbocycles. The smallest absolute Gasteiger partial charge is 0.246 e. The fourth-order valence-electron chi connectivity index (χ4n) is 3.04. The Balaban J connectivity index is 2.34. The number of hydrogen-bond donors (Lipinski definition) is 0. The summed E-state index contributed by atoms with van der Waals surface area (Å²) >= 11 is 0. The molecule has 1 atom stereocenters. The van der Waals surface area contributed by atoms with Crippen LogP contribution in [0.2, 0.25) is 0 Å². The summed E-state index contributed by atoms with van der Waals surface area (Å²) in [6.45, 7) is 3.16. The molecular formula is C18H29NO4S. The van der Waals surface area contributed by atoms with Crippen LogP contribution in [-0.2, 0) is 10.0 Å². The van der Waals surface area contributed by atoms with Crippen LogP contribution in [0.3, 0.4) is 0 Å². The third-order valence-electron chi connectivity index (χ3n) is 4.51. The average molecular weight is 356 g/mol. The van der Waals surface area contributed by atoms with Gasteiger partial charge in [0.15, 0.2) is 0 Å². The first-order chi connectivity index (χ1) is 11.4. The molecule has 2 rings (SSSR count). The monoisotopic (exact) mass is 355 g/mol. The van der Waals surface area contributed by atoms with E-state index >= 15 is 0 Å². The second-order valence-electron chi connectivity index (χ2n) is 6.61. The molecule has 0 unspecified atom stereocenters. The number of sulfonamides is 1. The predicted molar refractivity (Wildman–Crippen MR) is 95.2 cm³/mol.